The quantitative estimate of drug-likeness (QED) is 0.718. The maximum Gasteiger partial charge on any atom is 0.0637 e. The summed E-state index contributed by atoms with van der Waals surface area (Å²) in [6.45, 7) is 2.13. The maximum absolute atomic E-state index is 5.89. The highest BCUT2D eigenvalue weighted by molar-refractivity contribution is 6.33. The van der Waals surface area contributed by atoms with Gasteiger partial charge in [-0.1, -0.05) is 24.6 Å². The summed E-state index contributed by atoms with van der Waals surface area (Å²) < 4.78 is 0. The van der Waals surface area contributed by atoms with E-state index in [1.165, 1.54) is 5.56 Å². The van der Waals surface area contributed by atoms with Crippen molar-refractivity contribution in [2.75, 3.05) is 12.4 Å². The van der Waals surface area contributed by atoms with E-state index in [9.17, 15) is 0 Å². The number of hydrogen-bond donors (Lipinski definition) is 1. The first-order valence-electron chi connectivity index (χ1n) is 3.74. The molecule has 60 valence electrons. The zero-order valence-corrected chi connectivity index (χ0v) is 7.57. The Labute approximate surface area is 72.4 Å². The predicted octanol–water partition coefficient (Wildman–Crippen LogP) is 2.94. The van der Waals surface area contributed by atoms with Crippen molar-refractivity contribution in [3.63, 3.8) is 0 Å². The first-order chi connectivity index (χ1) is 5.27. The van der Waals surface area contributed by atoms with Crippen molar-refractivity contribution in [2.45, 2.75) is 13.3 Å². The van der Waals surface area contributed by atoms with Crippen molar-refractivity contribution in [3.05, 3.63) is 28.8 Å². The van der Waals surface area contributed by atoms with Crippen molar-refractivity contribution in [2.24, 2.45) is 0 Å². The summed E-state index contributed by atoms with van der Waals surface area (Å²) in [5.74, 6) is 0. The van der Waals surface area contributed by atoms with Gasteiger partial charge in [0.05, 0.1) is 10.7 Å². The highest BCUT2D eigenvalue weighted by atomic mass is 35.5. The second kappa shape index (κ2) is 3.63. The third kappa shape index (κ3) is 1.87. The van der Waals surface area contributed by atoms with E-state index in [0.717, 1.165) is 17.1 Å². The minimum atomic E-state index is 0.782. The lowest BCUT2D eigenvalue weighted by molar-refractivity contribution is 1.14. The average molecular weight is 170 g/mol. The molecular formula is C9H12ClN. The topological polar surface area (TPSA) is 12.0 Å². The second-order valence-electron chi connectivity index (χ2n) is 2.42. The van der Waals surface area contributed by atoms with Gasteiger partial charge in [0.2, 0.25) is 0 Å². The molecule has 1 nitrogen and oxygen atoms in total. The van der Waals surface area contributed by atoms with Gasteiger partial charge in [0.25, 0.3) is 0 Å². The Morgan fingerprint density at radius 1 is 1.45 bits per heavy atom. The van der Waals surface area contributed by atoms with Gasteiger partial charge in [0.1, 0.15) is 0 Å². The average Bonchev–Trinajstić information content (AvgIpc) is 2.05. The van der Waals surface area contributed by atoms with Gasteiger partial charge in [-0.3, -0.25) is 0 Å². The van der Waals surface area contributed by atoms with Gasteiger partial charge in [-0.15, -0.1) is 0 Å². The van der Waals surface area contributed by atoms with Crippen LogP contribution in [0, 0.1) is 0 Å². The van der Waals surface area contributed by atoms with E-state index >= 15 is 0 Å². The number of benzene rings is 1. The van der Waals surface area contributed by atoms with Crippen LogP contribution in [-0.4, -0.2) is 7.05 Å². The van der Waals surface area contributed by atoms with Gasteiger partial charge >= 0.3 is 0 Å². The Kier molecular flexibility index (Phi) is 2.77. The van der Waals surface area contributed by atoms with Crippen molar-refractivity contribution >= 4 is 17.3 Å². The van der Waals surface area contributed by atoms with E-state index in [1.807, 2.05) is 19.2 Å². The maximum atomic E-state index is 5.89. The Morgan fingerprint density at radius 3 is 2.73 bits per heavy atom. The lowest BCUT2D eigenvalue weighted by atomic mass is 10.1. The number of anilines is 1. The molecule has 0 saturated carbocycles. The normalized spacial score (nSPS) is 9.73. The van der Waals surface area contributed by atoms with Crippen LogP contribution in [0.2, 0.25) is 5.02 Å². The van der Waals surface area contributed by atoms with Crippen LogP contribution in [-0.2, 0) is 6.42 Å². The summed E-state index contributed by atoms with van der Waals surface area (Å²) in [4.78, 5) is 0. The summed E-state index contributed by atoms with van der Waals surface area (Å²) in [5.41, 5.74) is 2.31. The Morgan fingerprint density at radius 2 is 2.18 bits per heavy atom. The molecule has 0 bridgehead atoms. The molecule has 0 aliphatic heterocycles. The molecule has 1 aromatic rings. The lowest BCUT2D eigenvalue weighted by Gasteiger charge is -2.04. The van der Waals surface area contributed by atoms with Gasteiger partial charge in [-0.05, 0) is 24.1 Å². The smallest absolute Gasteiger partial charge is 0.0637 e. The molecule has 0 aliphatic carbocycles. The van der Waals surface area contributed by atoms with Crippen LogP contribution in [0.1, 0.15) is 12.5 Å². The van der Waals surface area contributed by atoms with Crippen LogP contribution in [0.15, 0.2) is 18.2 Å². The molecule has 0 fully saturated rings. The monoisotopic (exact) mass is 169 g/mol. The van der Waals surface area contributed by atoms with Crippen molar-refractivity contribution in [3.8, 4) is 0 Å². The van der Waals surface area contributed by atoms with Crippen molar-refractivity contribution < 1.29 is 0 Å². The van der Waals surface area contributed by atoms with Crippen LogP contribution in [0.4, 0.5) is 5.69 Å². The number of halogens is 1. The number of aryl methyl sites for hydroxylation is 1. The molecule has 0 spiro atoms. The summed E-state index contributed by atoms with van der Waals surface area (Å²) in [6.07, 6.45) is 1.05. The van der Waals surface area contributed by atoms with Gasteiger partial charge in [0, 0.05) is 7.05 Å². The molecule has 0 heterocycles. The van der Waals surface area contributed by atoms with E-state index in [-0.39, 0.29) is 0 Å². The van der Waals surface area contributed by atoms with Gasteiger partial charge in [0.15, 0.2) is 0 Å². The third-order valence-electron chi connectivity index (χ3n) is 1.71. The minimum absolute atomic E-state index is 0.782. The first-order valence-corrected chi connectivity index (χ1v) is 4.12. The zero-order chi connectivity index (χ0) is 8.27. The molecule has 1 rings (SSSR count). The number of nitrogens with one attached hydrogen (secondary N) is 1. The molecule has 0 aliphatic rings. The molecule has 0 amide bonds. The van der Waals surface area contributed by atoms with Crippen LogP contribution >= 0.6 is 11.6 Å². The largest absolute Gasteiger partial charge is 0.387 e. The van der Waals surface area contributed by atoms with Gasteiger partial charge in [-0.2, -0.15) is 0 Å². The highest BCUT2D eigenvalue weighted by Crippen LogP contribution is 2.22. The Bertz CT molecular complexity index is 245. The number of rotatable bonds is 2. The molecule has 0 saturated heterocycles. The molecule has 0 aromatic heterocycles. The zero-order valence-electron chi connectivity index (χ0n) is 6.82. The molecule has 1 aromatic carbocycles. The third-order valence-corrected chi connectivity index (χ3v) is 2.04. The van der Waals surface area contributed by atoms with E-state index in [1.54, 1.807) is 0 Å². The minimum Gasteiger partial charge on any atom is -0.387 e. The van der Waals surface area contributed by atoms with E-state index in [2.05, 4.69) is 18.3 Å². The molecule has 0 unspecified atom stereocenters. The lowest BCUT2D eigenvalue weighted by Crippen LogP contribution is -1.90. The fraction of sp³-hybridized carbons (Fsp3) is 0.333. The molecule has 0 radical (unpaired) electrons. The summed E-state index contributed by atoms with van der Waals surface area (Å²) >= 11 is 5.89. The van der Waals surface area contributed by atoms with Crippen LogP contribution < -0.4 is 5.32 Å². The summed E-state index contributed by atoms with van der Waals surface area (Å²) in [6, 6.07) is 6.04. The highest BCUT2D eigenvalue weighted by Gasteiger charge is 1.97. The molecule has 2 heteroatoms. The molecule has 1 N–H and O–H groups in total. The van der Waals surface area contributed by atoms with Gasteiger partial charge < -0.3 is 5.32 Å². The summed E-state index contributed by atoms with van der Waals surface area (Å²) in [5, 5.41) is 3.82. The van der Waals surface area contributed by atoms with Crippen molar-refractivity contribution in [1.82, 2.24) is 0 Å². The Balaban J connectivity index is 3.02. The van der Waals surface area contributed by atoms with Crippen LogP contribution in [0.5, 0.6) is 0 Å². The molecular weight excluding hydrogens is 158 g/mol. The SMILES string of the molecule is CCc1ccc(Cl)c(NC)c1. The number of hydrogen-bond acceptors (Lipinski definition) is 1. The van der Waals surface area contributed by atoms with E-state index < -0.39 is 0 Å². The Hall–Kier alpha value is -0.690. The standard InChI is InChI=1S/C9H12ClN/c1-3-7-4-5-8(10)9(6-7)11-2/h4-6,11H,3H2,1-2H3. The van der Waals surface area contributed by atoms with E-state index in [4.69, 9.17) is 11.6 Å². The van der Waals surface area contributed by atoms with E-state index in [0.29, 0.717) is 0 Å². The molecule has 11 heavy (non-hydrogen) atoms. The van der Waals surface area contributed by atoms with Crippen molar-refractivity contribution in [1.29, 1.82) is 0 Å². The predicted molar refractivity (Wildman–Crippen MR) is 50.4 cm³/mol. The fourth-order valence-electron chi connectivity index (χ4n) is 0.984. The summed E-state index contributed by atoms with van der Waals surface area (Å²) in [7, 11) is 1.88. The molecule has 0 atom stereocenters. The second-order valence-corrected chi connectivity index (χ2v) is 2.82. The fourth-order valence-corrected chi connectivity index (χ4v) is 1.20. The van der Waals surface area contributed by atoms with Crippen LogP contribution in [0.3, 0.4) is 0 Å². The van der Waals surface area contributed by atoms with Crippen LogP contribution in [0.25, 0.3) is 0 Å². The first kappa shape index (κ1) is 8.41. The van der Waals surface area contributed by atoms with Gasteiger partial charge in [-0.25, -0.2) is 0 Å².